The van der Waals surface area contributed by atoms with E-state index < -0.39 is 12.0 Å². The Morgan fingerprint density at radius 2 is 2.00 bits per heavy atom. The predicted octanol–water partition coefficient (Wildman–Crippen LogP) is 1.75. The second-order valence-corrected chi connectivity index (χ2v) is 5.35. The lowest BCUT2D eigenvalue weighted by Gasteiger charge is -2.12. The zero-order valence-electron chi connectivity index (χ0n) is 10.2. The minimum Gasteiger partial charge on any atom is -0.480 e. The van der Waals surface area contributed by atoms with Crippen molar-refractivity contribution >= 4 is 23.6 Å². The number of hydrogen-bond donors (Lipinski definition) is 2. The predicted molar refractivity (Wildman–Crippen MR) is 66.6 cm³/mol. The van der Waals surface area contributed by atoms with Crippen LogP contribution in [0.15, 0.2) is 0 Å². The smallest absolute Gasteiger partial charge is 0.327 e. The van der Waals surface area contributed by atoms with Crippen molar-refractivity contribution in [3.05, 3.63) is 0 Å². The summed E-state index contributed by atoms with van der Waals surface area (Å²) in [6.45, 7) is 5.67. The molecule has 94 valence electrons. The fraction of sp³-hybridized carbons (Fsp3) is 0.818. The first-order valence-electron chi connectivity index (χ1n) is 5.51. The van der Waals surface area contributed by atoms with E-state index >= 15 is 0 Å². The molecule has 0 fully saturated rings. The summed E-state index contributed by atoms with van der Waals surface area (Å²) in [5.41, 5.74) is 0. The van der Waals surface area contributed by atoms with Crippen molar-refractivity contribution in [3.63, 3.8) is 0 Å². The zero-order valence-corrected chi connectivity index (χ0v) is 11.0. The number of carbonyl (C=O) groups excluding carboxylic acids is 1. The summed E-state index contributed by atoms with van der Waals surface area (Å²) in [5, 5.41) is 11.3. The SMILES string of the molecule is CC(=O)NC(CSCCCC(C)C)C(=O)O. The van der Waals surface area contributed by atoms with E-state index in [1.54, 1.807) is 11.8 Å². The molecule has 0 aromatic carbocycles. The third kappa shape index (κ3) is 8.59. The molecule has 0 aliphatic rings. The minimum atomic E-state index is -0.966. The highest BCUT2D eigenvalue weighted by atomic mass is 32.2. The van der Waals surface area contributed by atoms with Crippen LogP contribution in [0.2, 0.25) is 0 Å². The van der Waals surface area contributed by atoms with E-state index in [9.17, 15) is 9.59 Å². The Balaban J connectivity index is 3.69. The van der Waals surface area contributed by atoms with E-state index in [-0.39, 0.29) is 5.91 Å². The van der Waals surface area contributed by atoms with Gasteiger partial charge in [0.2, 0.25) is 5.91 Å². The number of carboxylic acid groups (broad SMARTS) is 1. The van der Waals surface area contributed by atoms with Crippen LogP contribution in [0, 0.1) is 5.92 Å². The molecule has 2 N–H and O–H groups in total. The highest BCUT2D eigenvalue weighted by Gasteiger charge is 2.17. The molecular formula is C11H21NO3S. The summed E-state index contributed by atoms with van der Waals surface area (Å²) in [4.78, 5) is 21.5. The van der Waals surface area contributed by atoms with Crippen LogP contribution in [-0.2, 0) is 9.59 Å². The zero-order chi connectivity index (χ0) is 12.6. The first-order chi connectivity index (χ1) is 7.43. The van der Waals surface area contributed by atoms with Gasteiger partial charge in [0, 0.05) is 12.7 Å². The van der Waals surface area contributed by atoms with Crippen molar-refractivity contribution in [2.75, 3.05) is 11.5 Å². The van der Waals surface area contributed by atoms with Crippen LogP contribution in [0.3, 0.4) is 0 Å². The quantitative estimate of drug-likeness (QED) is 0.641. The Morgan fingerprint density at radius 1 is 1.38 bits per heavy atom. The van der Waals surface area contributed by atoms with Crippen molar-refractivity contribution in [2.24, 2.45) is 5.92 Å². The third-order valence-electron chi connectivity index (χ3n) is 2.03. The number of nitrogens with one attached hydrogen (secondary N) is 1. The number of aliphatic carboxylic acids is 1. The Labute approximate surface area is 101 Å². The van der Waals surface area contributed by atoms with Gasteiger partial charge in [-0.05, 0) is 18.1 Å². The summed E-state index contributed by atoms with van der Waals surface area (Å²) in [7, 11) is 0. The van der Waals surface area contributed by atoms with Gasteiger partial charge in [0.05, 0.1) is 0 Å². The van der Waals surface area contributed by atoms with Crippen molar-refractivity contribution < 1.29 is 14.7 Å². The summed E-state index contributed by atoms with van der Waals surface area (Å²) >= 11 is 1.58. The molecule has 4 nitrogen and oxygen atoms in total. The highest BCUT2D eigenvalue weighted by Crippen LogP contribution is 2.10. The average Bonchev–Trinajstić information content (AvgIpc) is 2.14. The van der Waals surface area contributed by atoms with Crippen LogP contribution in [-0.4, -0.2) is 34.5 Å². The standard InChI is InChI=1S/C11H21NO3S/c1-8(2)5-4-6-16-7-10(11(14)15)12-9(3)13/h8,10H,4-7H2,1-3H3,(H,12,13)(H,14,15). The molecule has 0 bridgehead atoms. The first kappa shape index (κ1) is 15.3. The van der Waals surface area contributed by atoms with Crippen molar-refractivity contribution in [1.82, 2.24) is 5.32 Å². The van der Waals surface area contributed by atoms with E-state index in [0.29, 0.717) is 11.7 Å². The van der Waals surface area contributed by atoms with E-state index in [0.717, 1.165) is 18.6 Å². The van der Waals surface area contributed by atoms with Gasteiger partial charge in [-0.3, -0.25) is 4.79 Å². The van der Waals surface area contributed by atoms with Crippen LogP contribution >= 0.6 is 11.8 Å². The van der Waals surface area contributed by atoms with Crippen LogP contribution in [0.4, 0.5) is 0 Å². The lowest BCUT2D eigenvalue weighted by molar-refractivity contribution is -0.140. The molecule has 0 saturated carbocycles. The second-order valence-electron chi connectivity index (χ2n) is 4.20. The van der Waals surface area contributed by atoms with Gasteiger partial charge in [0.25, 0.3) is 0 Å². The maximum absolute atomic E-state index is 10.8. The molecule has 16 heavy (non-hydrogen) atoms. The first-order valence-corrected chi connectivity index (χ1v) is 6.66. The number of carbonyl (C=O) groups is 2. The molecular weight excluding hydrogens is 226 g/mol. The lowest BCUT2D eigenvalue weighted by Crippen LogP contribution is -2.41. The molecule has 0 radical (unpaired) electrons. The van der Waals surface area contributed by atoms with Crippen LogP contribution in [0.1, 0.15) is 33.6 Å². The monoisotopic (exact) mass is 247 g/mol. The van der Waals surface area contributed by atoms with Crippen molar-refractivity contribution in [1.29, 1.82) is 0 Å². The van der Waals surface area contributed by atoms with Gasteiger partial charge in [-0.1, -0.05) is 20.3 Å². The molecule has 0 aromatic rings. The molecule has 0 heterocycles. The van der Waals surface area contributed by atoms with Crippen LogP contribution < -0.4 is 5.32 Å². The number of thioether (sulfide) groups is 1. The minimum absolute atomic E-state index is 0.296. The molecule has 1 amide bonds. The highest BCUT2D eigenvalue weighted by molar-refractivity contribution is 7.99. The third-order valence-corrected chi connectivity index (χ3v) is 3.18. The van der Waals surface area contributed by atoms with E-state index in [1.165, 1.54) is 6.92 Å². The number of hydrogen-bond acceptors (Lipinski definition) is 3. The molecule has 1 atom stereocenters. The Hall–Kier alpha value is -0.710. The van der Waals surface area contributed by atoms with Gasteiger partial charge < -0.3 is 10.4 Å². The average molecular weight is 247 g/mol. The lowest BCUT2D eigenvalue weighted by atomic mass is 10.1. The maximum atomic E-state index is 10.8. The molecule has 0 spiro atoms. The molecule has 0 saturated heterocycles. The fourth-order valence-corrected chi connectivity index (χ4v) is 2.21. The Kier molecular flexibility index (Phi) is 8.07. The molecule has 0 aliphatic carbocycles. The summed E-state index contributed by atoms with van der Waals surface area (Å²) < 4.78 is 0. The van der Waals surface area contributed by atoms with Gasteiger partial charge in [0.15, 0.2) is 0 Å². The Bertz CT molecular complexity index is 231. The topological polar surface area (TPSA) is 66.4 Å². The number of rotatable bonds is 8. The largest absolute Gasteiger partial charge is 0.480 e. The summed E-state index contributed by atoms with van der Waals surface area (Å²) in [5.74, 6) is 0.808. The summed E-state index contributed by atoms with van der Waals surface area (Å²) in [6, 6.07) is -0.762. The van der Waals surface area contributed by atoms with Gasteiger partial charge in [0.1, 0.15) is 6.04 Å². The molecule has 5 heteroatoms. The fourth-order valence-electron chi connectivity index (χ4n) is 1.21. The van der Waals surface area contributed by atoms with Crippen LogP contribution in [0.25, 0.3) is 0 Å². The van der Waals surface area contributed by atoms with Gasteiger partial charge in [-0.15, -0.1) is 0 Å². The van der Waals surface area contributed by atoms with E-state index in [1.807, 2.05) is 0 Å². The number of amides is 1. The molecule has 0 aromatic heterocycles. The normalized spacial score (nSPS) is 12.5. The van der Waals surface area contributed by atoms with Crippen molar-refractivity contribution in [2.45, 2.75) is 39.7 Å². The molecule has 0 rings (SSSR count). The van der Waals surface area contributed by atoms with Gasteiger partial charge in [-0.2, -0.15) is 11.8 Å². The maximum Gasteiger partial charge on any atom is 0.327 e. The summed E-state index contributed by atoms with van der Waals surface area (Å²) in [6.07, 6.45) is 2.25. The van der Waals surface area contributed by atoms with Gasteiger partial charge >= 0.3 is 5.97 Å². The van der Waals surface area contributed by atoms with Crippen LogP contribution in [0.5, 0.6) is 0 Å². The molecule has 0 aliphatic heterocycles. The van der Waals surface area contributed by atoms with E-state index in [4.69, 9.17) is 5.11 Å². The molecule has 1 unspecified atom stereocenters. The Morgan fingerprint density at radius 3 is 2.44 bits per heavy atom. The second kappa shape index (κ2) is 8.44. The van der Waals surface area contributed by atoms with E-state index in [2.05, 4.69) is 19.2 Å². The number of carboxylic acids is 1. The van der Waals surface area contributed by atoms with Gasteiger partial charge in [-0.25, -0.2) is 4.79 Å². The van der Waals surface area contributed by atoms with Crippen molar-refractivity contribution in [3.8, 4) is 0 Å².